The molecule has 1 saturated heterocycles. The summed E-state index contributed by atoms with van der Waals surface area (Å²) in [6.45, 7) is 12.4. The van der Waals surface area contributed by atoms with E-state index >= 15 is 0 Å². The average Bonchev–Trinajstić information content (AvgIpc) is 2.16. The molecule has 0 aromatic rings. The summed E-state index contributed by atoms with van der Waals surface area (Å²) in [4.78, 5) is 14.7. The van der Waals surface area contributed by atoms with Gasteiger partial charge in [-0.1, -0.05) is 27.2 Å². The number of carbonyl (C=O) groups excluding carboxylic acids is 1. The molecule has 0 N–H and O–H groups in total. The minimum Gasteiger partial charge on any atom is -0.297 e. The quantitative estimate of drug-likeness (QED) is 0.700. The zero-order valence-corrected chi connectivity index (χ0v) is 10.9. The summed E-state index contributed by atoms with van der Waals surface area (Å²) in [7, 11) is 0. The molecule has 0 aromatic heterocycles. The predicted molar refractivity (Wildman–Crippen MR) is 64.0 cm³/mol. The molecule has 0 aromatic carbocycles. The molecule has 1 aliphatic heterocycles. The van der Waals surface area contributed by atoms with E-state index in [9.17, 15) is 4.79 Å². The van der Waals surface area contributed by atoms with Gasteiger partial charge in [-0.15, -0.1) is 0 Å². The molecule has 0 unspecified atom stereocenters. The molecule has 2 nitrogen and oxygen atoms in total. The van der Waals surface area contributed by atoms with Crippen molar-refractivity contribution in [2.45, 2.75) is 59.4 Å². The fourth-order valence-corrected chi connectivity index (χ4v) is 2.51. The summed E-state index contributed by atoms with van der Waals surface area (Å²) in [6.07, 6.45) is 3.79. The Hall–Kier alpha value is -0.370. The number of likely N-dealkylation sites (tertiary alicyclic amines) is 1. The van der Waals surface area contributed by atoms with Gasteiger partial charge in [-0.3, -0.25) is 9.69 Å². The van der Waals surface area contributed by atoms with Gasteiger partial charge in [0.1, 0.15) is 0 Å². The van der Waals surface area contributed by atoms with Gasteiger partial charge in [-0.05, 0) is 39.8 Å². The smallest absolute Gasteiger partial charge is 0.157 e. The SMILES string of the molecule is CC(C)(C)C(=O)C(C)(C)N1CCCCC1. The lowest BCUT2D eigenvalue weighted by molar-refractivity contribution is -0.138. The van der Waals surface area contributed by atoms with Crippen molar-refractivity contribution in [1.82, 2.24) is 4.90 Å². The number of hydrogen-bond acceptors (Lipinski definition) is 2. The first-order valence-corrected chi connectivity index (χ1v) is 6.06. The Kier molecular flexibility index (Phi) is 3.59. The van der Waals surface area contributed by atoms with Crippen LogP contribution in [0, 0.1) is 5.41 Å². The summed E-state index contributed by atoms with van der Waals surface area (Å²) < 4.78 is 0. The lowest BCUT2D eigenvalue weighted by atomic mass is 9.78. The third kappa shape index (κ3) is 2.81. The number of piperidine rings is 1. The molecule has 1 rings (SSSR count). The average molecular weight is 211 g/mol. The molecule has 0 spiro atoms. The third-order valence-electron chi connectivity index (χ3n) is 3.38. The van der Waals surface area contributed by atoms with E-state index in [1.807, 2.05) is 20.8 Å². The molecule has 1 fully saturated rings. The van der Waals surface area contributed by atoms with Gasteiger partial charge in [0.2, 0.25) is 0 Å². The van der Waals surface area contributed by atoms with E-state index in [2.05, 4.69) is 18.7 Å². The Balaban J connectivity index is 2.76. The standard InChI is InChI=1S/C13H25NO/c1-12(2,3)11(15)13(4,5)14-9-7-6-8-10-14/h6-10H2,1-5H3. The highest BCUT2D eigenvalue weighted by Gasteiger charge is 2.40. The second kappa shape index (κ2) is 4.25. The van der Waals surface area contributed by atoms with Gasteiger partial charge in [0, 0.05) is 5.41 Å². The molecule has 88 valence electrons. The summed E-state index contributed by atoms with van der Waals surface area (Å²) >= 11 is 0. The van der Waals surface area contributed by atoms with Crippen LogP contribution in [0.5, 0.6) is 0 Å². The first kappa shape index (κ1) is 12.7. The second-order valence-electron chi connectivity index (χ2n) is 6.19. The Morgan fingerprint density at radius 3 is 1.80 bits per heavy atom. The van der Waals surface area contributed by atoms with Crippen molar-refractivity contribution in [3.63, 3.8) is 0 Å². The Morgan fingerprint density at radius 2 is 1.40 bits per heavy atom. The first-order chi connectivity index (χ1) is 6.76. The maximum absolute atomic E-state index is 12.3. The van der Waals surface area contributed by atoms with E-state index < -0.39 is 0 Å². The topological polar surface area (TPSA) is 20.3 Å². The number of rotatable bonds is 2. The molecule has 0 radical (unpaired) electrons. The van der Waals surface area contributed by atoms with Gasteiger partial charge in [-0.25, -0.2) is 0 Å². The maximum atomic E-state index is 12.3. The van der Waals surface area contributed by atoms with Crippen LogP contribution in [0.15, 0.2) is 0 Å². The lowest BCUT2D eigenvalue weighted by Crippen LogP contribution is -2.55. The highest BCUT2D eigenvalue weighted by molar-refractivity contribution is 5.91. The Labute approximate surface area is 94.0 Å². The highest BCUT2D eigenvalue weighted by atomic mass is 16.1. The molecule has 0 aliphatic carbocycles. The molecular formula is C13H25NO. The molecule has 0 bridgehead atoms. The number of Topliss-reactive ketones (excluding diaryl/α,β-unsaturated/α-hetero) is 1. The molecule has 15 heavy (non-hydrogen) atoms. The number of carbonyl (C=O) groups is 1. The van der Waals surface area contributed by atoms with Crippen LogP contribution in [0.3, 0.4) is 0 Å². The largest absolute Gasteiger partial charge is 0.297 e. The number of hydrogen-bond donors (Lipinski definition) is 0. The third-order valence-corrected chi connectivity index (χ3v) is 3.38. The number of nitrogens with zero attached hydrogens (tertiary/aromatic N) is 1. The highest BCUT2D eigenvalue weighted by Crippen LogP contribution is 2.29. The van der Waals surface area contributed by atoms with Crippen LogP contribution in [-0.4, -0.2) is 29.3 Å². The Bertz CT molecular complexity index is 231. The number of ketones is 1. The van der Waals surface area contributed by atoms with E-state index in [4.69, 9.17) is 0 Å². The van der Waals surface area contributed by atoms with Crippen molar-refractivity contribution in [3.8, 4) is 0 Å². The van der Waals surface area contributed by atoms with Gasteiger partial charge in [0.15, 0.2) is 5.78 Å². The molecule has 2 heteroatoms. The lowest BCUT2D eigenvalue weighted by Gasteiger charge is -2.42. The van der Waals surface area contributed by atoms with Crippen molar-refractivity contribution >= 4 is 5.78 Å². The first-order valence-electron chi connectivity index (χ1n) is 6.06. The summed E-state index contributed by atoms with van der Waals surface area (Å²) in [5.41, 5.74) is -0.528. The van der Waals surface area contributed by atoms with Crippen LogP contribution in [0.4, 0.5) is 0 Å². The molecule has 1 aliphatic rings. The fraction of sp³-hybridized carbons (Fsp3) is 0.923. The minimum absolute atomic E-state index is 0.235. The van der Waals surface area contributed by atoms with Gasteiger partial charge in [0.25, 0.3) is 0 Å². The normalized spacial score (nSPS) is 20.3. The second-order valence-corrected chi connectivity index (χ2v) is 6.19. The zero-order chi connectivity index (χ0) is 11.7. The maximum Gasteiger partial charge on any atom is 0.157 e. The van der Waals surface area contributed by atoms with Gasteiger partial charge in [0.05, 0.1) is 5.54 Å². The van der Waals surface area contributed by atoms with Gasteiger partial charge >= 0.3 is 0 Å². The van der Waals surface area contributed by atoms with Crippen molar-refractivity contribution in [2.24, 2.45) is 5.41 Å². The molecule has 0 atom stereocenters. The Morgan fingerprint density at radius 1 is 0.933 bits per heavy atom. The summed E-state index contributed by atoms with van der Waals surface area (Å²) in [5, 5.41) is 0. The monoisotopic (exact) mass is 211 g/mol. The van der Waals surface area contributed by atoms with E-state index in [1.54, 1.807) is 0 Å². The van der Waals surface area contributed by atoms with Crippen LogP contribution < -0.4 is 0 Å². The van der Waals surface area contributed by atoms with Crippen LogP contribution in [-0.2, 0) is 4.79 Å². The zero-order valence-electron chi connectivity index (χ0n) is 10.9. The van der Waals surface area contributed by atoms with Crippen LogP contribution in [0.25, 0.3) is 0 Å². The molecule has 0 amide bonds. The van der Waals surface area contributed by atoms with Gasteiger partial charge < -0.3 is 0 Å². The fourth-order valence-electron chi connectivity index (χ4n) is 2.51. The van der Waals surface area contributed by atoms with Crippen LogP contribution in [0.2, 0.25) is 0 Å². The van der Waals surface area contributed by atoms with E-state index in [-0.39, 0.29) is 11.0 Å². The van der Waals surface area contributed by atoms with Crippen LogP contribution in [0.1, 0.15) is 53.9 Å². The van der Waals surface area contributed by atoms with E-state index in [0.717, 1.165) is 13.1 Å². The predicted octanol–water partition coefficient (Wildman–Crippen LogP) is 2.87. The van der Waals surface area contributed by atoms with Crippen molar-refractivity contribution < 1.29 is 4.79 Å². The van der Waals surface area contributed by atoms with E-state index in [0.29, 0.717) is 5.78 Å². The molecule has 1 heterocycles. The molecular weight excluding hydrogens is 186 g/mol. The van der Waals surface area contributed by atoms with Crippen molar-refractivity contribution in [1.29, 1.82) is 0 Å². The van der Waals surface area contributed by atoms with E-state index in [1.165, 1.54) is 19.3 Å². The summed E-state index contributed by atoms with van der Waals surface area (Å²) in [5.74, 6) is 0.358. The van der Waals surface area contributed by atoms with Crippen molar-refractivity contribution in [3.05, 3.63) is 0 Å². The van der Waals surface area contributed by atoms with Crippen molar-refractivity contribution in [2.75, 3.05) is 13.1 Å². The minimum atomic E-state index is -0.293. The molecule has 0 saturated carbocycles. The van der Waals surface area contributed by atoms with Crippen LogP contribution >= 0.6 is 0 Å². The summed E-state index contributed by atoms with van der Waals surface area (Å²) in [6, 6.07) is 0. The van der Waals surface area contributed by atoms with Gasteiger partial charge in [-0.2, -0.15) is 0 Å².